The van der Waals surface area contributed by atoms with Crippen LogP contribution in [0.2, 0.25) is 0 Å². The average molecular weight is 347 g/mol. The number of amides is 1. The van der Waals surface area contributed by atoms with E-state index in [-0.39, 0.29) is 17.2 Å². The molecular weight excluding hydrogens is 321 g/mol. The van der Waals surface area contributed by atoms with E-state index in [0.717, 1.165) is 25.7 Å². The number of carbonyl (C=O) groups excluding carboxylic acids is 2. The topological polar surface area (TPSA) is 57.6 Å². The maximum atomic E-state index is 13.3. The molecule has 1 N–H and O–H groups in total. The fourth-order valence-corrected chi connectivity index (χ4v) is 3.39. The summed E-state index contributed by atoms with van der Waals surface area (Å²) in [5.41, 5.74) is 0.733. The lowest BCUT2D eigenvalue weighted by Gasteiger charge is -2.30. The van der Waals surface area contributed by atoms with Gasteiger partial charge in [0.25, 0.3) is 5.91 Å². The molecule has 4 nitrogen and oxygen atoms in total. The molecule has 0 aromatic heterocycles. The number of Topliss-reactive ketones (excluding diaryl/α,β-unsaturated/α-hetero) is 1. The van der Waals surface area contributed by atoms with Crippen LogP contribution in [0.3, 0.4) is 0 Å². The van der Waals surface area contributed by atoms with Crippen LogP contribution in [0.4, 0.5) is 4.39 Å². The van der Waals surface area contributed by atoms with Crippen molar-refractivity contribution in [2.45, 2.75) is 52.5 Å². The fraction of sp³-hybridized carbons (Fsp3) is 0.500. The summed E-state index contributed by atoms with van der Waals surface area (Å²) in [6.07, 6.45) is 4.05. The van der Waals surface area contributed by atoms with Crippen LogP contribution in [0.1, 0.15) is 58.1 Å². The lowest BCUT2D eigenvalue weighted by Crippen LogP contribution is -2.35. The second-order valence-corrected chi connectivity index (χ2v) is 6.65. The molecule has 0 fully saturated rings. The molecule has 0 saturated heterocycles. The van der Waals surface area contributed by atoms with Crippen LogP contribution in [-0.2, 0) is 9.59 Å². The lowest BCUT2D eigenvalue weighted by atomic mass is 9.94. The fourth-order valence-electron chi connectivity index (χ4n) is 3.39. The van der Waals surface area contributed by atoms with Crippen LogP contribution in [0.15, 0.2) is 35.6 Å². The Bertz CT molecular complexity index is 666. The predicted octanol–water partition coefficient (Wildman–Crippen LogP) is 4.33. The molecule has 5 heteroatoms. The molecule has 0 unspecified atom stereocenters. The Kier molecular flexibility index (Phi) is 6.34. The van der Waals surface area contributed by atoms with Crippen LogP contribution in [0.25, 0.3) is 0 Å². The number of benzene rings is 1. The van der Waals surface area contributed by atoms with Gasteiger partial charge in [-0.15, -0.1) is 0 Å². The molecule has 1 aromatic rings. The van der Waals surface area contributed by atoms with Gasteiger partial charge in [0.2, 0.25) is 0 Å². The van der Waals surface area contributed by atoms with E-state index in [1.54, 1.807) is 17.0 Å². The third-order valence-corrected chi connectivity index (χ3v) is 4.87. The number of hydrogen-bond acceptors (Lipinski definition) is 3. The van der Waals surface area contributed by atoms with Crippen molar-refractivity contribution < 1.29 is 19.1 Å². The smallest absolute Gasteiger partial charge is 0.290 e. The maximum Gasteiger partial charge on any atom is 0.290 e. The van der Waals surface area contributed by atoms with E-state index < -0.39 is 17.7 Å². The summed E-state index contributed by atoms with van der Waals surface area (Å²) < 4.78 is 13.3. The molecule has 0 radical (unpaired) electrons. The van der Waals surface area contributed by atoms with E-state index >= 15 is 0 Å². The first-order valence-corrected chi connectivity index (χ1v) is 8.91. The van der Waals surface area contributed by atoms with Gasteiger partial charge in [-0.05, 0) is 37.0 Å². The minimum atomic E-state index is -0.652. The van der Waals surface area contributed by atoms with E-state index in [0.29, 0.717) is 18.0 Å². The zero-order valence-corrected chi connectivity index (χ0v) is 15.1. The van der Waals surface area contributed by atoms with Gasteiger partial charge in [-0.1, -0.05) is 45.2 Å². The molecular formula is C20H26FNO3. The highest BCUT2D eigenvalue weighted by Gasteiger charge is 2.42. The Morgan fingerprint density at radius 3 is 2.44 bits per heavy atom. The molecule has 1 heterocycles. The summed E-state index contributed by atoms with van der Waals surface area (Å²) in [5.74, 6) is -1.43. The minimum Gasteiger partial charge on any atom is -0.503 e. The molecule has 2 atom stereocenters. The van der Waals surface area contributed by atoms with Crippen molar-refractivity contribution in [1.29, 1.82) is 0 Å². The van der Waals surface area contributed by atoms with Gasteiger partial charge in [0.15, 0.2) is 11.5 Å². The Hall–Kier alpha value is -2.17. The molecule has 25 heavy (non-hydrogen) atoms. The molecule has 1 aliphatic heterocycles. The molecule has 0 saturated carbocycles. The number of aliphatic hydroxyl groups excluding tert-OH is 1. The van der Waals surface area contributed by atoms with Crippen LogP contribution in [0, 0.1) is 11.7 Å². The first-order chi connectivity index (χ1) is 11.9. The summed E-state index contributed by atoms with van der Waals surface area (Å²) in [4.78, 5) is 26.2. The highest BCUT2D eigenvalue weighted by atomic mass is 19.1. The quantitative estimate of drug-likeness (QED) is 0.761. The number of hydrogen-bond donors (Lipinski definition) is 1. The van der Waals surface area contributed by atoms with Gasteiger partial charge in [-0.25, -0.2) is 4.39 Å². The number of nitrogens with zero attached hydrogens (tertiary/aromatic N) is 1. The number of aliphatic hydroxyl groups is 1. The van der Waals surface area contributed by atoms with Crippen molar-refractivity contribution in [1.82, 2.24) is 4.90 Å². The zero-order chi connectivity index (χ0) is 18.6. The van der Waals surface area contributed by atoms with Crippen molar-refractivity contribution in [3.8, 4) is 0 Å². The van der Waals surface area contributed by atoms with Gasteiger partial charge in [0.1, 0.15) is 5.82 Å². The number of unbranched alkanes of at least 4 members (excludes halogenated alkanes) is 1. The first-order valence-electron chi connectivity index (χ1n) is 8.91. The summed E-state index contributed by atoms with van der Waals surface area (Å²) in [6, 6.07) is 5.09. The van der Waals surface area contributed by atoms with Crippen molar-refractivity contribution >= 4 is 11.7 Å². The summed E-state index contributed by atoms with van der Waals surface area (Å²) >= 11 is 0. The van der Waals surface area contributed by atoms with Gasteiger partial charge in [0, 0.05) is 6.54 Å². The molecule has 0 bridgehead atoms. The molecule has 0 aliphatic carbocycles. The monoisotopic (exact) mass is 347 g/mol. The zero-order valence-electron chi connectivity index (χ0n) is 15.1. The SMILES string of the molecule is CCCC[C@@H](CC)CN1C(=O)C(O)=C(C(C)=O)[C@@H]1c1ccc(F)cc1. The largest absolute Gasteiger partial charge is 0.503 e. The molecule has 1 aromatic carbocycles. The van der Waals surface area contributed by atoms with Crippen molar-refractivity contribution in [3.05, 3.63) is 47.0 Å². The van der Waals surface area contributed by atoms with Crippen LogP contribution >= 0.6 is 0 Å². The minimum absolute atomic E-state index is 0.0990. The second kappa shape index (κ2) is 8.28. The number of rotatable bonds is 8. The third-order valence-electron chi connectivity index (χ3n) is 4.87. The number of ketones is 1. The highest BCUT2D eigenvalue weighted by molar-refractivity contribution is 6.08. The Balaban J connectivity index is 2.37. The van der Waals surface area contributed by atoms with E-state index in [4.69, 9.17) is 0 Å². The molecule has 136 valence electrons. The van der Waals surface area contributed by atoms with Gasteiger partial charge in [0.05, 0.1) is 11.6 Å². The number of halogens is 1. The van der Waals surface area contributed by atoms with E-state index in [1.807, 2.05) is 0 Å². The summed E-state index contributed by atoms with van der Waals surface area (Å²) in [6.45, 7) is 6.01. The van der Waals surface area contributed by atoms with Crippen molar-refractivity contribution in [3.63, 3.8) is 0 Å². The Morgan fingerprint density at radius 1 is 1.28 bits per heavy atom. The lowest BCUT2D eigenvalue weighted by molar-refractivity contribution is -0.130. The second-order valence-electron chi connectivity index (χ2n) is 6.65. The Labute approximate surface area is 148 Å². The van der Waals surface area contributed by atoms with Gasteiger partial charge < -0.3 is 10.0 Å². The maximum absolute atomic E-state index is 13.3. The molecule has 1 amide bonds. The molecule has 2 rings (SSSR count). The summed E-state index contributed by atoms with van der Waals surface area (Å²) in [5, 5.41) is 10.2. The van der Waals surface area contributed by atoms with Gasteiger partial charge in [-0.3, -0.25) is 9.59 Å². The van der Waals surface area contributed by atoms with Crippen molar-refractivity contribution in [2.24, 2.45) is 5.92 Å². The third kappa shape index (κ3) is 4.09. The standard InChI is InChI=1S/C20H26FNO3/c1-4-6-7-14(5-2)12-22-18(15-8-10-16(21)11-9-15)17(13(3)23)19(24)20(22)25/h8-11,14,18,24H,4-7,12H2,1-3H3/t14-,18+/m1/s1. The van der Waals surface area contributed by atoms with E-state index in [2.05, 4.69) is 13.8 Å². The summed E-state index contributed by atoms with van der Waals surface area (Å²) in [7, 11) is 0. The highest BCUT2D eigenvalue weighted by Crippen LogP contribution is 2.38. The first kappa shape index (κ1) is 19.2. The van der Waals surface area contributed by atoms with Gasteiger partial charge in [-0.2, -0.15) is 0 Å². The van der Waals surface area contributed by atoms with Crippen molar-refractivity contribution in [2.75, 3.05) is 6.54 Å². The van der Waals surface area contributed by atoms with E-state index in [9.17, 15) is 19.1 Å². The van der Waals surface area contributed by atoms with Gasteiger partial charge >= 0.3 is 0 Å². The van der Waals surface area contributed by atoms with Crippen LogP contribution in [0.5, 0.6) is 0 Å². The predicted molar refractivity (Wildman–Crippen MR) is 94.5 cm³/mol. The average Bonchev–Trinajstić information content (AvgIpc) is 2.84. The van der Waals surface area contributed by atoms with Crippen LogP contribution < -0.4 is 0 Å². The van der Waals surface area contributed by atoms with Crippen LogP contribution in [-0.4, -0.2) is 28.2 Å². The molecule has 0 spiro atoms. The number of carbonyl (C=O) groups is 2. The van der Waals surface area contributed by atoms with E-state index in [1.165, 1.54) is 19.1 Å². The Morgan fingerprint density at radius 2 is 1.92 bits per heavy atom. The molecule has 1 aliphatic rings. The normalized spacial score (nSPS) is 18.8.